The Kier molecular flexibility index (Phi) is 5.03. The Bertz CT molecular complexity index is 1860. The second kappa shape index (κ2) is 8.66. The number of rotatable bonds is 3. The van der Waals surface area contributed by atoms with Gasteiger partial charge in [-0.2, -0.15) is 0 Å². The van der Waals surface area contributed by atoms with Crippen LogP contribution in [0, 0.1) is 0 Å². The molecule has 0 radical (unpaired) electrons. The summed E-state index contributed by atoms with van der Waals surface area (Å²) in [6.45, 7) is 0. The third-order valence-electron chi connectivity index (χ3n) is 7.48. The first-order chi connectivity index (χ1) is 17.9. The Morgan fingerprint density at radius 1 is 0.361 bits per heavy atom. The third kappa shape index (κ3) is 3.46. The molecule has 36 heavy (non-hydrogen) atoms. The number of benzene rings is 6. The van der Waals surface area contributed by atoms with Crippen LogP contribution in [0.15, 0.2) is 121 Å². The van der Waals surface area contributed by atoms with Crippen molar-refractivity contribution in [3.05, 3.63) is 132 Å². The Morgan fingerprint density at radius 3 is 1.53 bits per heavy atom. The van der Waals surface area contributed by atoms with Gasteiger partial charge in [-0.3, -0.25) is 0 Å². The summed E-state index contributed by atoms with van der Waals surface area (Å²) in [7, 11) is 0. The molecule has 0 heterocycles. The van der Waals surface area contributed by atoms with Gasteiger partial charge in [0, 0.05) is 0 Å². The standard InChI is InChI=1S/C36H26/c1-2-11-27(12-3-1)35-31-14-6-8-16-33(31)36(34-17-9-7-15-32(34)35)28-21-18-26(19-22-28)30-23-20-25-10-4-5-13-29(25)24-30/h1-6,8,10-24H,7,9H2. The van der Waals surface area contributed by atoms with Gasteiger partial charge >= 0.3 is 0 Å². The molecule has 0 heteroatoms. The first-order valence-electron chi connectivity index (χ1n) is 12.8. The van der Waals surface area contributed by atoms with Gasteiger partial charge in [-0.25, -0.2) is 0 Å². The zero-order valence-electron chi connectivity index (χ0n) is 20.1. The lowest BCUT2D eigenvalue weighted by Gasteiger charge is -2.18. The lowest BCUT2D eigenvalue weighted by atomic mass is 9.86. The molecule has 0 aliphatic heterocycles. The van der Waals surface area contributed by atoms with Crippen molar-refractivity contribution in [3.63, 3.8) is 0 Å². The first kappa shape index (κ1) is 20.9. The first-order valence-corrected chi connectivity index (χ1v) is 12.8. The fourth-order valence-corrected chi connectivity index (χ4v) is 5.78. The third-order valence-corrected chi connectivity index (χ3v) is 7.48. The van der Waals surface area contributed by atoms with Crippen LogP contribution in [0.1, 0.15) is 12.8 Å². The van der Waals surface area contributed by atoms with Crippen molar-refractivity contribution in [3.8, 4) is 33.4 Å². The monoisotopic (exact) mass is 458 g/mol. The van der Waals surface area contributed by atoms with Crippen LogP contribution in [0.2, 0.25) is 0 Å². The summed E-state index contributed by atoms with van der Waals surface area (Å²) in [6.07, 6.45) is 7.06. The largest absolute Gasteiger partial charge is 0.0757 e. The quantitative estimate of drug-likeness (QED) is 0.250. The number of hydrogen-bond acceptors (Lipinski definition) is 0. The van der Waals surface area contributed by atoms with Gasteiger partial charge in [0.1, 0.15) is 0 Å². The molecular weight excluding hydrogens is 432 g/mol. The topological polar surface area (TPSA) is 0 Å². The van der Waals surface area contributed by atoms with Crippen molar-refractivity contribution in [2.75, 3.05) is 0 Å². The molecule has 0 unspecified atom stereocenters. The van der Waals surface area contributed by atoms with Gasteiger partial charge in [-0.05, 0) is 84.3 Å². The highest BCUT2D eigenvalue weighted by atomic mass is 14.2. The molecule has 0 saturated carbocycles. The van der Waals surface area contributed by atoms with E-state index in [1.54, 1.807) is 0 Å². The van der Waals surface area contributed by atoms with E-state index < -0.39 is 0 Å². The molecule has 1 aliphatic carbocycles. The predicted molar refractivity (Wildman–Crippen MR) is 155 cm³/mol. The molecule has 0 atom stereocenters. The maximum absolute atomic E-state index is 2.45. The number of hydrogen-bond donors (Lipinski definition) is 0. The van der Waals surface area contributed by atoms with Crippen LogP contribution in [-0.2, 0) is 0 Å². The Morgan fingerprint density at radius 2 is 0.861 bits per heavy atom. The van der Waals surface area contributed by atoms with Crippen LogP contribution in [0.3, 0.4) is 0 Å². The van der Waals surface area contributed by atoms with Crippen LogP contribution in [0.4, 0.5) is 0 Å². The van der Waals surface area contributed by atoms with Crippen LogP contribution in [0.25, 0.3) is 67.1 Å². The Balaban J connectivity index is 1.44. The smallest absolute Gasteiger partial charge is 0.00297 e. The summed E-state index contributed by atoms with van der Waals surface area (Å²) in [5, 5.41) is 7.95. The van der Waals surface area contributed by atoms with Gasteiger partial charge in [-0.15, -0.1) is 0 Å². The van der Waals surface area contributed by atoms with E-state index >= 15 is 0 Å². The fourth-order valence-electron chi connectivity index (χ4n) is 5.78. The van der Waals surface area contributed by atoms with Crippen molar-refractivity contribution >= 4 is 33.7 Å². The van der Waals surface area contributed by atoms with Gasteiger partial charge in [0.05, 0.1) is 0 Å². The van der Waals surface area contributed by atoms with E-state index in [0.29, 0.717) is 0 Å². The summed E-state index contributed by atoms with van der Waals surface area (Å²) in [5.41, 5.74) is 7.77. The Hall–Kier alpha value is -4.42. The van der Waals surface area contributed by atoms with Crippen LogP contribution < -0.4 is 10.4 Å². The minimum absolute atomic E-state index is 1.09. The Labute approximate surface area is 211 Å². The van der Waals surface area contributed by atoms with Gasteiger partial charge < -0.3 is 0 Å². The SMILES string of the molecule is C1=c2c(-c3ccccc3)c3ccccc3c(-c3ccc(-c4ccc5ccccc5c4)cc3)c2=CCC1. The molecule has 0 spiro atoms. The molecular formula is C36H26. The lowest BCUT2D eigenvalue weighted by molar-refractivity contribution is 1.12. The molecule has 0 nitrogen and oxygen atoms in total. The van der Waals surface area contributed by atoms with Crippen molar-refractivity contribution in [1.82, 2.24) is 0 Å². The van der Waals surface area contributed by atoms with E-state index in [2.05, 4.69) is 133 Å². The van der Waals surface area contributed by atoms with E-state index in [9.17, 15) is 0 Å². The van der Waals surface area contributed by atoms with E-state index in [4.69, 9.17) is 0 Å². The second-order valence-electron chi connectivity index (χ2n) is 9.61. The van der Waals surface area contributed by atoms with Crippen LogP contribution in [0.5, 0.6) is 0 Å². The predicted octanol–water partition coefficient (Wildman–Crippen LogP) is 8.35. The van der Waals surface area contributed by atoms with Gasteiger partial charge in [0.25, 0.3) is 0 Å². The molecule has 0 amide bonds. The summed E-state index contributed by atoms with van der Waals surface area (Å²) in [4.78, 5) is 0. The van der Waals surface area contributed by atoms with E-state index in [-0.39, 0.29) is 0 Å². The van der Waals surface area contributed by atoms with Crippen molar-refractivity contribution in [1.29, 1.82) is 0 Å². The lowest BCUT2D eigenvalue weighted by Crippen LogP contribution is -2.31. The average molecular weight is 459 g/mol. The molecule has 0 bridgehead atoms. The molecule has 7 rings (SSSR count). The second-order valence-corrected chi connectivity index (χ2v) is 9.61. The van der Waals surface area contributed by atoms with E-state index in [1.165, 1.54) is 65.4 Å². The number of fused-ring (bicyclic) bond motifs is 3. The summed E-state index contributed by atoms with van der Waals surface area (Å²) in [5.74, 6) is 0. The van der Waals surface area contributed by atoms with Gasteiger partial charge in [0.15, 0.2) is 0 Å². The summed E-state index contributed by atoms with van der Waals surface area (Å²) in [6, 6.07) is 44.2. The minimum Gasteiger partial charge on any atom is -0.0757 e. The van der Waals surface area contributed by atoms with E-state index in [1.807, 2.05) is 0 Å². The van der Waals surface area contributed by atoms with Crippen molar-refractivity contribution in [2.24, 2.45) is 0 Å². The molecule has 6 aromatic rings. The zero-order chi connectivity index (χ0) is 23.9. The van der Waals surface area contributed by atoms with E-state index in [0.717, 1.165) is 12.8 Å². The highest BCUT2D eigenvalue weighted by Crippen LogP contribution is 2.33. The highest BCUT2D eigenvalue weighted by molar-refractivity contribution is 6.06. The average Bonchev–Trinajstić information content (AvgIpc) is 2.96. The molecule has 0 fully saturated rings. The normalized spacial score (nSPS) is 12.7. The molecule has 1 aliphatic rings. The van der Waals surface area contributed by atoms with Crippen molar-refractivity contribution < 1.29 is 0 Å². The minimum atomic E-state index is 1.09. The molecule has 0 aromatic heterocycles. The molecule has 170 valence electrons. The van der Waals surface area contributed by atoms with Crippen LogP contribution >= 0.6 is 0 Å². The maximum atomic E-state index is 2.45. The summed E-state index contributed by atoms with van der Waals surface area (Å²) < 4.78 is 0. The van der Waals surface area contributed by atoms with Gasteiger partial charge in [0.2, 0.25) is 0 Å². The fraction of sp³-hybridized carbons (Fsp3) is 0.0556. The zero-order valence-corrected chi connectivity index (χ0v) is 20.1. The molecule has 0 N–H and O–H groups in total. The molecule has 0 saturated heterocycles. The van der Waals surface area contributed by atoms with Gasteiger partial charge in [-0.1, -0.05) is 127 Å². The molecule has 6 aromatic carbocycles. The van der Waals surface area contributed by atoms with Crippen molar-refractivity contribution in [2.45, 2.75) is 12.8 Å². The van der Waals surface area contributed by atoms with Crippen LogP contribution in [-0.4, -0.2) is 0 Å². The highest BCUT2D eigenvalue weighted by Gasteiger charge is 2.15. The maximum Gasteiger partial charge on any atom is -0.00297 e. The summed E-state index contributed by atoms with van der Waals surface area (Å²) >= 11 is 0.